The largest absolute Gasteiger partial charge is 0.334 e. The number of nitrogens with zero attached hydrogens (tertiary/aromatic N) is 2. The van der Waals surface area contributed by atoms with Gasteiger partial charge in [-0.15, -0.1) is 0 Å². The summed E-state index contributed by atoms with van der Waals surface area (Å²) in [5.74, 6) is 0. The molecule has 1 aromatic heterocycles. The second kappa shape index (κ2) is 4.49. The van der Waals surface area contributed by atoms with Crippen molar-refractivity contribution in [2.45, 2.75) is 0 Å². The van der Waals surface area contributed by atoms with E-state index in [2.05, 4.69) is 53.5 Å². The number of benzene rings is 2. The van der Waals surface area contributed by atoms with Crippen LogP contribution in [-0.4, -0.2) is 9.55 Å². The fourth-order valence-electron chi connectivity index (χ4n) is 2.12. The fraction of sp³-hybridized carbons (Fsp3) is 0.0625. The molecule has 0 N–H and O–H groups in total. The second-order valence-corrected chi connectivity index (χ2v) is 4.34. The Balaban J connectivity index is 2.08. The topological polar surface area (TPSA) is 17.8 Å². The van der Waals surface area contributed by atoms with Gasteiger partial charge in [-0.05, 0) is 17.2 Å². The first kappa shape index (κ1) is 10.8. The monoisotopic (exact) mass is 234 g/mol. The van der Waals surface area contributed by atoms with Crippen LogP contribution in [0.1, 0.15) is 0 Å². The lowest BCUT2D eigenvalue weighted by Crippen LogP contribution is -1.89. The summed E-state index contributed by atoms with van der Waals surface area (Å²) in [6.45, 7) is 0. The molecule has 0 amide bonds. The Morgan fingerprint density at radius 2 is 1.56 bits per heavy atom. The van der Waals surface area contributed by atoms with E-state index in [1.807, 2.05) is 30.2 Å². The molecule has 3 rings (SSSR count). The van der Waals surface area contributed by atoms with Gasteiger partial charge in [0.2, 0.25) is 0 Å². The Hall–Kier alpha value is -2.35. The van der Waals surface area contributed by atoms with Crippen LogP contribution in [0.15, 0.2) is 67.1 Å². The predicted octanol–water partition coefficient (Wildman–Crippen LogP) is 3.75. The number of aryl methyl sites for hydroxylation is 1. The van der Waals surface area contributed by atoms with Gasteiger partial charge in [0.05, 0.1) is 18.2 Å². The van der Waals surface area contributed by atoms with Crippen molar-refractivity contribution in [3.63, 3.8) is 0 Å². The Labute approximate surface area is 107 Å². The third kappa shape index (κ3) is 1.93. The van der Waals surface area contributed by atoms with E-state index in [-0.39, 0.29) is 0 Å². The van der Waals surface area contributed by atoms with E-state index in [0.717, 1.165) is 5.69 Å². The van der Waals surface area contributed by atoms with Gasteiger partial charge >= 0.3 is 0 Å². The van der Waals surface area contributed by atoms with Crippen molar-refractivity contribution in [2.24, 2.45) is 7.05 Å². The normalized spacial score (nSPS) is 10.5. The summed E-state index contributed by atoms with van der Waals surface area (Å²) >= 11 is 0. The zero-order valence-corrected chi connectivity index (χ0v) is 10.2. The van der Waals surface area contributed by atoms with Crippen LogP contribution in [0.25, 0.3) is 22.4 Å². The molecule has 0 atom stereocenters. The lowest BCUT2D eigenvalue weighted by molar-refractivity contribution is 0.921. The van der Waals surface area contributed by atoms with Gasteiger partial charge in [-0.25, -0.2) is 4.98 Å². The lowest BCUT2D eigenvalue weighted by atomic mass is 10.0. The summed E-state index contributed by atoms with van der Waals surface area (Å²) in [5.41, 5.74) is 4.79. The smallest absolute Gasteiger partial charge is 0.0948 e. The van der Waals surface area contributed by atoms with Gasteiger partial charge in [0.1, 0.15) is 0 Å². The summed E-state index contributed by atoms with van der Waals surface area (Å²) in [5, 5.41) is 0. The van der Waals surface area contributed by atoms with Crippen LogP contribution in [0.2, 0.25) is 0 Å². The molecule has 0 saturated carbocycles. The van der Waals surface area contributed by atoms with Crippen LogP contribution < -0.4 is 0 Å². The van der Waals surface area contributed by atoms with Gasteiger partial charge < -0.3 is 4.57 Å². The van der Waals surface area contributed by atoms with Crippen LogP contribution >= 0.6 is 0 Å². The summed E-state index contributed by atoms with van der Waals surface area (Å²) < 4.78 is 2.03. The standard InChI is InChI=1S/C16H14N2/c1-18-12-17-11-16(18)15-9-5-8-14(10-15)13-6-3-2-4-7-13/h2-12H,1H3. The molecule has 0 aliphatic rings. The van der Waals surface area contributed by atoms with E-state index < -0.39 is 0 Å². The number of hydrogen-bond donors (Lipinski definition) is 0. The van der Waals surface area contributed by atoms with Gasteiger partial charge in [0, 0.05) is 12.6 Å². The highest BCUT2D eigenvalue weighted by molar-refractivity contribution is 5.71. The Morgan fingerprint density at radius 1 is 0.833 bits per heavy atom. The van der Waals surface area contributed by atoms with E-state index in [1.54, 1.807) is 0 Å². The van der Waals surface area contributed by atoms with E-state index in [9.17, 15) is 0 Å². The molecule has 88 valence electrons. The lowest BCUT2D eigenvalue weighted by Gasteiger charge is -2.06. The zero-order chi connectivity index (χ0) is 12.4. The third-order valence-electron chi connectivity index (χ3n) is 3.08. The second-order valence-electron chi connectivity index (χ2n) is 4.34. The molecule has 2 aromatic carbocycles. The number of imidazole rings is 1. The molecule has 18 heavy (non-hydrogen) atoms. The summed E-state index contributed by atoms with van der Waals surface area (Å²) in [6.07, 6.45) is 3.72. The highest BCUT2D eigenvalue weighted by Crippen LogP contribution is 2.25. The van der Waals surface area contributed by atoms with Gasteiger partial charge in [-0.1, -0.05) is 48.5 Å². The van der Waals surface area contributed by atoms with Crippen molar-refractivity contribution in [3.05, 3.63) is 67.1 Å². The Kier molecular flexibility index (Phi) is 2.69. The van der Waals surface area contributed by atoms with Gasteiger partial charge in [-0.3, -0.25) is 0 Å². The average Bonchev–Trinajstić information content (AvgIpc) is 2.86. The molecule has 0 radical (unpaired) electrons. The molecule has 2 nitrogen and oxygen atoms in total. The van der Waals surface area contributed by atoms with Crippen molar-refractivity contribution in [1.82, 2.24) is 9.55 Å². The van der Waals surface area contributed by atoms with E-state index >= 15 is 0 Å². The predicted molar refractivity (Wildman–Crippen MR) is 74.1 cm³/mol. The summed E-state index contributed by atoms with van der Waals surface area (Å²) in [6, 6.07) is 19.0. The Bertz CT molecular complexity index is 654. The highest BCUT2D eigenvalue weighted by atomic mass is 15.0. The molecule has 1 heterocycles. The van der Waals surface area contributed by atoms with Crippen LogP contribution in [-0.2, 0) is 7.05 Å². The quantitative estimate of drug-likeness (QED) is 0.660. The van der Waals surface area contributed by atoms with Gasteiger partial charge in [0.15, 0.2) is 0 Å². The number of hydrogen-bond acceptors (Lipinski definition) is 1. The van der Waals surface area contributed by atoms with Crippen LogP contribution in [0.5, 0.6) is 0 Å². The molecule has 0 fully saturated rings. The molecule has 0 aliphatic carbocycles. The van der Waals surface area contributed by atoms with Crippen molar-refractivity contribution in [3.8, 4) is 22.4 Å². The maximum absolute atomic E-state index is 4.16. The van der Waals surface area contributed by atoms with Crippen molar-refractivity contribution < 1.29 is 0 Å². The van der Waals surface area contributed by atoms with Crippen LogP contribution in [0, 0.1) is 0 Å². The van der Waals surface area contributed by atoms with Gasteiger partial charge in [0.25, 0.3) is 0 Å². The fourth-order valence-corrected chi connectivity index (χ4v) is 2.12. The summed E-state index contributed by atoms with van der Waals surface area (Å²) in [7, 11) is 2.01. The van der Waals surface area contributed by atoms with E-state index in [0.29, 0.717) is 0 Å². The minimum atomic E-state index is 1.13. The molecular formula is C16H14N2. The first-order valence-electron chi connectivity index (χ1n) is 5.97. The minimum Gasteiger partial charge on any atom is -0.334 e. The van der Waals surface area contributed by atoms with Crippen molar-refractivity contribution in [1.29, 1.82) is 0 Å². The molecule has 0 spiro atoms. The SMILES string of the molecule is Cn1cncc1-c1cccc(-c2ccccc2)c1. The molecule has 3 aromatic rings. The molecule has 0 bridgehead atoms. The maximum atomic E-state index is 4.16. The molecule has 2 heteroatoms. The molecular weight excluding hydrogens is 220 g/mol. The first-order chi connectivity index (χ1) is 8.84. The van der Waals surface area contributed by atoms with E-state index in [4.69, 9.17) is 0 Å². The molecule has 0 unspecified atom stereocenters. The minimum absolute atomic E-state index is 1.13. The number of rotatable bonds is 2. The summed E-state index contributed by atoms with van der Waals surface area (Å²) in [4.78, 5) is 4.16. The van der Waals surface area contributed by atoms with E-state index in [1.165, 1.54) is 16.7 Å². The highest BCUT2D eigenvalue weighted by Gasteiger charge is 2.04. The molecule has 0 saturated heterocycles. The molecule has 0 aliphatic heterocycles. The number of aromatic nitrogens is 2. The van der Waals surface area contributed by atoms with Crippen LogP contribution in [0.3, 0.4) is 0 Å². The third-order valence-corrected chi connectivity index (χ3v) is 3.08. The van der Waals surface area contributed by atoms with Gasteiger partial charge in [-0.2, -0.15) is 0 Å². The zero-order valence-electron chi connectivity index (χ0n) is 10.2. The average molecular weight is 234 g/mol. The Morgan fingerprint density at radius 3 is 2.28 bits per heavy atom. The van der Waals surface area contributed by atoms with Crippen LogP contribution in [0.4, 0.5) is 0 Å². The van der Waals surface area contributed by atoms with Crippen molar-refractivity contribution in [2.75, 3.05) is 0 Å². The van der Waals surface area contributed by atoms with Crippen molar-refractivity contribution >= 4 is 0 Å². The first-order valence-corrected chi connectivity index (χ1v) is 5.97. The maximum Gasteiger partial charge on any atom is 0.0948 e.